The summed E-state index contributed by atoms with van der Waals surface area (Å²) in [4.78, 5) is 20.9. The van der Waals surface area contributed by atoms with Gasteiger partial charge in [-0.3, -0.25) is 4.79 Å². The van der Waals surface area contributed by atoms with Gasteiger partial charge in [-0.1, -0.05) is 25.5 Å². The maximum Gasteiger partial charge on any atom is 0.229 e. The van der Waals surface area contributed by atoms with Crippen LogP contribution in [0.4, 0.5) is 17.5 Å². The smallest absolute Gasteiger partial charge is 0.229 e. The van der Waals surface area contributed by atoms with Crippen LogP contribution in [0.2, 0.25) is 0 Å². The minimum Gasteiger partial charge on any atom is -0.393 e. The standard InChI is InChI=1S/C25H35N5O2/c1-4-16-8-18-12-21(31)13-19(9-16)23(18)29-24-15(2)14-27-25(30-24)28-20-7-5-6-17(10-20)11-22(32)26-3/h5-7,10,14,16,18-19,21,23,31H,4,8-9,11-13H2,1-3H3,(H,26,32)(H2,27,28,29,30)/t16?,18?,19?,21-,23+. The molecule has 0 spiro atoms. The van der Waals surface area contributed by atoms with Crippen molar-refractivity contribution in [1.82, 2.24) is 15.3 Å². The van der Waals surface area contributed by atoms with Crippen molar-refractivity contribution in [3.8, 4) is 0 Å². The molecule has 2 saturated carbocycles. The van der Waals surface area contributed by atoms with Crippen molar-refractivity contribution in [2.45, 2.75) is 64.5 Å². The number of aliphatic hydroxyl groups excluding tert-OH is 1. The second-order valence-corrected chi connectivity index (χ2v) is 9.46. The molecule has 4 rings (SSSR count). The first kappa shape index (κ1) is 22.5. The second kappa shape index (κ2) is 9.86. The summed E-state index contributed by atoms with van der Waals surface area (Å²) in [7, 11) is 1.64. The summed E-state index contributed by atoms with van der Waals surface area (Å²) in [5.74, 6) is 3.09. The summed E-state index contributed by atoms with van der Waals surface area (Å²) >= 11 is 0. The van der Waals surface area contributed by atoms with Crippen molar-refractivity contribution >= 4 is 23.4 Å². The topological polar surface area (TPSA) is 99.2 Å². The Labute approximate surface area is 190 Å². The number of amides is 1. The third-order valence-electron chi connectivity index (χ3n) is 7.12. The fraction of sp³-hybridized carbons (Fsp3) is 0.560. The number of aryl methyl sites for hydroxylation is 1. The predicted molar refractivity (Wildman–Crippen MR) is 127 cm³/mol. The highest BCUT2D eigenvalue weighted by atomic mass is 16.3. The average Bonchev–Trinajstić information content (AvgIpc) is 2.76. The van der Waals surface area contributed by atoms with E-state index < -0.39 is 0 Å². The molecule has 4 N–H and O–H groups in total. The largest absolute Gasteiger partial charge is 0.393 e. The number of nitrogens with one attached hydrogen (secondary N) is 3. The molecular weight excluding hydrogens is 402 g/mol. The number of hydrogen-bond donors (Lipinski definition) is 4. The van der Waals surface area contributed by atoms with Gasteiger partial charge < -0.3 is 21.1 Å². The maximum absolute atomic E-state index is 11.7. The molecule has 7 nitrogen and oxygen atoms in total. The lowest BCUT2D eigenvalue weighted by Crippen LogP contribution is -2.49. The van der Waals surface area contributed by atoms with Gasteiger partial charge in [0.15, 0.2) is 0 Å². The van der Waals surface area contributed by atoms with Gasteiger partial charge in [-0.25, -0.2) is 4.98 Å². The Kier molecular flexibility index (Phi) is 6.94. The molecule has 2 fully saturated rings. The van der Waals surface area contributed by atoms with Gasteiger partial charge in [0.25, 0.3) is 0 Å². The molecule has 7 heteroatoms. The molecular formula is C25H35N5O2. The fourth-order valence-corrected chi connectivity index (χ4v) is 5.45. The van der Waals surface area contributed by atoms with Crippen LogP contribution in [0.15, 0.2) is 30.5 Å². The van der Waals surface area contributed by atoms with Crippen LogP contribution in [0.3, 0.4) is 0 Å². The van der Waals surface area contributed by atoms with Gasteiger partial charge in [0.2, 0.25) is 11.9 Å². The molecule has 1 heterocycles. The summed E-state index contributed by atoms with van der Waals surface area (Å²) in [5.41, 5.74) is 2.80. The molecule has 0 saturated heterocycles. The number of benzene rings is 1. The average molecular weight is 438 g/mol. The summed E-state index contributed by atoms with van der Waals surface area (Å²) in [5, 5.41) is 20.0. The van der Waals surface area contributed by atoms with Gasteiger partial charge in [0, 0.05) is 30.5 Å². The Morgan fingerprint density at radius 1 is 1.19 bits per heavy atom. The predicted octanol–water partition coefficient (Wildman–Crippen LogP) is 3.80. The molecule has 2 unspecified atom stereocenters. The number of aromatic nitrogens is 2. The Morgan fingerprint density at radius 3 is 2.62 bits per heavy atom. The van der Waals surface area contributed by atoms with Gasteiger partial charge in [0.1, 0.15) is 5.82 Å². The number of rotatable bonds is 7. The number of hydrogen-bond acceptors (Lipinski definition) is 6. The number of likely N-dealkylation sites (N-methyl/N-ethyl adjacent to an activating group) is 1. The van der Waals surface area contributed by atoms with E-state index in [1.807, 2.05) is 37.4 Å². The molecule has 2 aliphatic rings. The zero-order valence-electron chi connectivity index (χ0n) is 19.3. The Morgan fingerprint density at radius 2 is 1.94 bits per heavy atom. The first-order valence-electron chi connectivity index (χ1n) is 11.8. The number of fused-ring (bicyclic) bond motifs is 2. The third-order valence-corrected chi connectivity index (χ3v) is 7.12. The molecule has 1 aromatic carbocycles. The zero-order valence-corrected chi connectivity index (χ0v) is 19.3. The molecule has 1 aromatic heterocycles. The van der Waals surface area contributed by atoms with Crippen molar-refractivity contribution < 1.29 is 9.90 Å². The SMILES string of the molecule is CCC1CC2C[C@H](O)CC(C1)[C@@H]2Nc1nc(Nc2cccc(CC(=O)NC)c2)ncc1C. The van der Waals surface area contributed by atoms with E-state index in [9.17, 15) is 9.90 Å². The number of carbonyl (C=O) groups excluding carboxylic acids is 1. The normalized spacial score (nSPS) is 26.9. The molecule has 2 bridgehead atoms. The summed E-state index contributed by atoms with van der Waals surface area (Å²) in [6.45, 7) is 4.30. The van der Waals surface area contributed by atoms with Crippen molar-refractivity contribution in [1.29, 1.82) is 0 Å². The summed E-state index contributed by atoms with van der Waals surface area (Å²) < 4.78 is 0. The van der Waals surface area contributed by atoms with Crippen LogP contribution in [0, 0.1) is 24.7 Å². The van der Waals surface area contributed by atoms with Gasteiger partial charge in [0.05, 0.1) is 12.5 Å². The highest BCUT2D eigenvalue weighted by Crippen LogP contribution is 2.45. The lowest BCUT2D eigenvalue weighted by Gasteiger charge is -2.47. The van der Waals surface area contributed by atoms with Crippen molar-refractivity contribution in [2.75, 3.05) is 17.7 Å². The number of anilines is 3. The molecule has 2 aromatic rings. The van der Waals surface area contributed by atoms with E-state index in [1.54, 1.807) is 7.05 Å². The van der Waals surface area contributed by atoms with E-state index >= 15 is 0 Å². The van der Waals surface area contributed by atoms with Gasteiger partial charge >= 0.3 is 0 Å². The minimum atomic E-state index is -0.174. The van der Waals surface area contributed by atoms with Crippen molar-refractivity contribution in [2.24, 2.45) is 17.8 Å². The van der Waals surface area contributed by atoms with Crippen LogP contribution < -0.4 is 16.0 Å². The van der Waals surface area contributed by atoms with E-state index in [4.69, 9.17) is 4.98 Å². The molecule has 2 aliphatic carbocycles. The number of aliphatic hydroxyl groups is 1. The first-order chi connectivity index (χ1) is 15.4. The molecule has 0 radical (unpaired) electrons. The van der Waals surface area contributed by atoms with E-state index in [-0.39, 0.29) is 12.0 Å². The van der Waals surface area contributed by atoms with Crippen molar-refractivity contribution in [3.05, 3.63) is 41.6 Å². The van der Waals surface area contributed by atoms with Crippen LogP contribution >= 0.6 is 0 Å². The van der Waals surface area contributed by atoms with Crippen LogP contribution in [0.25, 0.3) is 0 Å². The second-order valence-electron chi connectivity index (χ2n) is 9.46. The van der Waals surface area contributed by atoms with E-state index in [1.165, 1.54) is 19.3 Å². The third kappa shape index (κ3) is 5.21. The van der Waals surface area contributed by atoms with Crippen LogP contribution in [0.1, 0.15) is 50.2 Å². The molecule has 32 heavy (non-hydrogen) atoms. The molecule has 0 aliphatic heterocycles. The first-order valence-corrected chi connectivity index (χ1v) is 11.8. The number of nitrogens with zero attached hydrogens (tertiary/aromatic N) is 2. The Hall–Kier alpha value is -2.67. The van der Waals surface area contributed by atoms with E-state index in [0.717, 1.165) is 41.4 Å². The highest BCUT2D eigenvalue weighted by Gasteiger charge is 2.42. The lowest BCUT2D eigenvalue weighted by molar-refractivity contribution is -0.119. The Bertz CT molecular complexity index is 934. The van der Waals surface area contributed by atoms with E-state index in [0.29, 0.717) is 30.2 Å². The lowest BCUT2D eigenvalue weighted by atomic mass is 9.63. The van der Waals surface area contributed by atoms with E-state index in [2.05, 4.69) is 27.9 Å². The Balaban J connectivity index is 1.49. The highest BCUT2D eigenvalue weighted by molar-refractivity contribution is 5.78. The molecule has 1 amide bonds. The van der Waals surface area contributed by atoms with Crippen LogP contribution in [-0.4, -0.2) is 40.2 Å². The molecule has 2 atom stereocenters. The van der Waals surface area contributed by atoms with Gasteiger partial charge in [-0.05, 0) is 68.1 Å². The minimum absolute atomic E-state index is 0.0197. The van der Waals surface area contributed by atoms with Crippen LogP contribution in [-0.2, 0) is 11.2 Å². The number of carbonyl (C=O) groups is 1. The van der Waals surface area contributed by atoms with Gasteiger partial charge in [-0.2, -0.15) is 4.98 Å². The summed E-state index contributed by atoms with van der Waals surface area (Å²) in [6, 6.07) is 8.10. The zero-order chi connectivity index (χ0) is 22.7. The van der Waals surface area contributed by atoms with Crippen LogP contribution in [0.5, 0.6) is 0 Å². The fourth-order valence-electron chi connectivity index (χ4n) is 5.45. The molecule has 172 valence electrons. The van der Waals surface area contributed by atoms with Crippen molar-refractivity contribution in [3.63, 3.8) is 0 Å². The monoisotopic (exact) mass is 437 g/mol. The summed E-state index contributed by atoms with van der Waals surface area (Å²) in [6.07, 6.45) is 7.32. The maximum atomic E-state index is 11.7. The van der Waals surface area contributed by atoms with Gasteiger partial charge in [-0.15, -0.1) is 0 Å². The quantitative estimate of drug-likeness (QED) is 0.526.